The molecule has 0 aromatic carbocycles. The number of rotatable bonds is 8. The zero-order chi connectivity index (χ0) is 14.6. The molecule has 0 atom stereocenters. The third kappa shape index (κ3) is 5.15. The van der Waals surface area contributed by atoms with Crippen LogP contribution in [0.25, 0.3) is 0 Å². The molecule has 104 valence electrons. The van der Waals surface area contributed by atoms with E-state index in [2.05, 4.69) is 19.7 Å². The van der Waals surface area contributed by atoms with Crippen LogP contribution in [0.1, 0.15) is 0 Å². The van der Waals surface area contributed by atoms with Crippen LogP contribution < -0.4 is 0 Å². The van der Waals surface area contributed by atoms with E-state index in [1.165, 1.54) is 0 Å². The van der Waals surface area contributed by atoms with E-state index in [9.17, 15) is 25.3 Å². The fourth-order valence-corrected chi connectivity index (χ4v) is 5.65. The lowest BCUT2D eigenvalue weighted by Gasteiger charge is -2.13. The largest absolute Gasteiger partial charge is 0.224 e. The second kappa shape index (κ2) is 5.81. The Balaban J connectivity index is 5.56. The van der Waals surface area contributed by atoms with Gasteiger partial charge in [0, 0.05) is 16.2 Å². The SMILES string of the molecule is C=CS(=O)(=O)CC(CS(=O)(=O)C=C)S(=O)(=O)C=C. The average molecular weight is 314 g/mol. The van der Waals surface area contributed by atoms with Crippen molar-refractivity contribution in [1.29, 1.82) is 0 Å². The Bertz CT molecular complexity index is 596. The van der Waals surface area contributed by atoms with E-state index in [1.54, 1.807) is 0 Å². The Labute approximate surface area is 107 Å². The van der Waals surface area contributed by atoms with Crippen LogP contribution >= 0.6 is 0 Å². The topological polar surface area (TPSA) is 102 Å². The molecule has 0 spiro atoms. The lowest BCUT2D eigenvalue weighted by molar-refractivity contribution is 0.581. The van der Waals surface area contributed by atoms with Crippen molar-refractivity contribution >= 4 is 29.5 Å². The van der Waals surface area contributed by atoms with Crippen LogP contribution in [0, 0.1) is 0 Å². The summed E-state index contributed by atoms with van der Waals surface area (Å²) < 4.78 is 68.4. The Morgan fingerprint density at radius 3 is 1.28 bits per heavy atom. The number of hydrogen-bond acceptors (Lipinski definition) is 6. The average Bonchev–Trinajstić information content (AvgIpc) is 2.27. The van der Waals surface area contributed by atoms with E-state index < -0.39 is 46.3 Å². The summed E-state index contributed by atoms with van der Waals surface area (Å²) in [5.74, 6) is -1.73. The molecule has 0 fully saturated rings. The minimum Gasteiger partial charge on any atom is -0.224 e. The molecule has 0 aliphatic heterocycles. The van der Waals surface area contributed by atoms with Gasteiger partial charge in [-0.1, -0.05) is 19.7 Å². The highest BCUT2D eigenvalue weighted by atomic mass is 32.2. The molecule has 0 rings (SSSR count). The standard InChI is InChI=1S/C9H14O6S3/c1-4-16(10,11)7-9(18(14,15)6-3)8-17(12,13)5-2/h4-6,9H,1-3,7-8H2. The van der Waals surface area contributed by atoms with Crippen molar-refractivity contribution in [2.45, 2.75) is 5.25 Å². The third-order valence-electron chi connectivity index (χ3n) is 2.04. The maximum atomic E-state index is 11.6. The molecule has 0 N–H and O–H groups in total. The lowest BCUT2D eigenvalue weighted by Crippen LogP contribution is -2.33. The first-order chi connectivity index (χ1) is 7.99. The normalized spacial score (nSPS) is 13.2. The molecule has 9 heteroatoms. The van der Waals surface area contributed by atoms with E-state index in [0.29, 0.717) is 16.2 Å². The van der Waals surface area contributed by atoms with Gasteiger partial charge in [0.25, 0.3) is 0 Å². The third-order valence-corrected chi connectivity index (χ3v) is 6.94. The summed E-state index contributed by atoms with van der Waals surface area (Å²) in [5, 5.41) is 0.0775. The second-order valence-corrected chi connectivity index (χ2v) is 9.53. The van der Waals surface area contributed by atoms with Crippen LogP contribution in [0.3, 0.4) is 0 Å². The molecule has 0 bridgehead atoms. The summed E-state index contributed by atoms with van der Waals surface area (Å²) in [5.41, 5.74) is 0. The molecule has 0 saturated carbocycles. The zero-order valence-electron chi connectivity index (χ0n) is 9.52. The molecule has 6 nitrogen and oxygen atoms in total. The molecule has 0 unspecified atom stereocenters. The molecular weight excluding hydrogens is 300 g/mol. The monoisotopic (exact) mass is 314 g/mol. The summed E-state index contributed by atoms with van der Waals surface area (Å²) >= 11 is 0. The molecule has 0 amide bonds. The van der Waals surface area contributed by atoms with Crippen molar-refractivity contribution in [3.63, 3.8) is 0 Å². The van der Waals surface area contributed by atoms with Crippen LogP contribution in [-0.2, 0) is 29.5 Å². The van der Waals surface area contributed by atoms with Gasteiger partial charge < -0.3 is 0 Å². The highest BCUT2D eigenvalue weighted by Crippen LogP contribution is 2.12. The first-order valence-corrected chi connectivity index (χ1v) is 9.60. The van der Waals surface area contributed by atoms with E-state index >= 15 is 0 Å². The molecule has 0 aromatic rings. The minimum atomic E-state index is -4.04. The zero-order valence-corrected chi connectivity index (χ0v) is 12.0. The van der Waals surface area contributed by atoms with Gasteiger partial charge in [-0.05, 0) is 0 Å². The second-order valence-electron chi connectivity index (χ2n) is 3.37. The molecule has 0 heterocycles. The molecule has 0 saturated heterocycles. The highest BCUT2D eigenvalue weighted by molar-refractivity contribution is 8.00. The quantitative estimate of drug-likeness (QED) is 0.626. The Morgan fingerprint density at radius 1 is 0.722 bits per heavy atom. The minimum absolute atomic E-state index is 0.537. The Morgan fingerprint density at radius 2 is 1.06 bits per heavy atom. The van der Waals surface area contributed by atoms with Gasteiger partial charge in [-0.25, -0.2) is 25.3 Å². The van der Waals surface area contributed by atoms with E-state index in [-0.39, 0.29) is 0 Å². The Hall–Kier alpha value is -0.930. The van der Waals surface area contributed by atoms with Crippen LogP contribution in [0.5, 0.6) is 0 Å². The molecule has 0 aromatic heterocycles. The summed E-state index contributed by atoms with van der Waals surface area (Å²) in [6.07, 6.45) is 0. The van der Waals surface area contributed by atoms with E-state index in [4.69, 9.17) is 0 Å². The van der Waals surface area contributed by atoms with Gasteiger partial charge in [-0.15, -0.1) is 0 Å². The van der Waals surface area contributed by atoms with Crippen molar-refractivity contribution in [2.24, 2.45) is 0 Å². The molecular formula is C9H14O6S3. The maximum absolute atomic E-state index is 11.6. The molecule has 0 aliphatic rings. The van der Waals surface area contributed by atoms with Gasteiger partial charge in [-0.2, -0.15) is 0 Å². The maximum Gasteiger partial charge on any atom is 0.175 e. The van der Waals surface area contributed by atoms with Crippen molar-refractivity contribution in [2.75, 3.05) is 11.5 Å². The van der Waals surface area contributed by atoms with Crippen molar-refractivity contribution in [3.05, 3.63) is 36.0 Å². The van der Waals surface area contributed by atoms with Crippen LogP contribution in [0.2, 0.25) is 0 Å². The van der Waals surface area contributed by atoms with Crippen LogP contribution in [0.15, 0.2) is 36.0 Å². The smallest absolute Gasteiger partial charge is 0.175 e. The molecule has 18 heavy (non-hydrogen) atoms. The predicted molar refractivity (Wildman–Crippen MR) is 70.9 cm³/mol. The van der Waals surface area contributed by atoms with Gasteiger partial charge in [0.15, 0.2) is 29.5 Å². The number of sulfone groups is 3. The highest BCUT2D eigenvalue weighted by Gasteiger charge is 2.31. The molecule has 0 radical (unpaired) electrons. The van der Waals surface area contributed by atoms with Gasteiger partial charge in [-0.3, -0.25) is 0 Å². The predicted octanol–water partition coefficient (Wildman–Crippen LogP) is 0.0299. The van der Waals surface area contributed by atoms with E-state index in [1.807, 2.05) is 0 Å². The molecule has 0 aliphatic carbocycles. The summed E-state index contributed by atoms with van der Waals surface area (Å²) in [7, 11) is -11.7. The van der Waals surface area contributed by atoms with Crippen LogP contribution in [-0.4, -0.2) is 42.0 Å². The Kier molecular flexibility index (Phi) is 5.51. The fourth-order valence-electron chi connectivity index (χ4n) is 1.03. The fraction of sp³-hybridized carbons (Fsp3) is 0.333. The first-order valence-electron chi connectivity index (χ1n) is 4.56. The van der Waals surface area contributed by atoms with Crippen LogP contribution in [0.4, 0.5) is 0 Å². The van der Waals surface area contributed by atoms with Crippen molar-refractivity contribution in [3.8, 4) is 0 Å². The summed E-state index contributed by atoms with van der Waals surface area (Å²) in [6.45, 7) is 9.10. The van der Waals surface area contributed by atoms with Crippen molar-refractivity contribution < 1.29 is 25.3 Å². The van der Waals surface area contributed by atoms with Gasteiger partial charge >= 0.3 is 0 Å². The van der Waals surface area contributed by atoms with Gasteiger partial charge in [0.05, 0.1) is 16.8 Å². The summed E-state index contributed by atoms with van der Waals surface area (Å²) in [6, 6.07) is 0. The summed E-state index contributed by atoms with van der Waals surface area (Å²) in [4.78, 5) is 0. The van der Waals surface area contributed by atoms with Crippen molar-refractivity contribution in [1.82, 2.24) is 0 Å². The van der Waals surface area contributed by atoms with Gasteiger partial charge in [0.2, 0.25) is 0 Å². The van der Waals surface area contributed by atoms with E-state index in [0.717, 1.165) is 0 Å². The first kappa shape index (κ1) is 17.1. The number of hydrogen-bond donors (Lipinski definition) is 0. The van der Waals surface area contributed by atoms with Gasteiger partial charge in [0.1, 0.15) is 0 Å². The lowest BCUT2D eigenvalue weighted by atomic mass is 10.5.